The molecular weight excluding hydrogens is 490 g/mol. The van der Waals surface area contributed by atoms with Gasteiger partial charge in [0.25, 0.3) is 10.0 Å². The molecule has 0 atom stereocenters. The first-order valence-electron chi connectivity index (χ1n) is 10.4. The molecule has 0 bridgehead atoms. The van der Waals surface area contributed by atoms with Gasteiger partial charge in [0, 0.05) is 6.42 Å². The number of aryl methyl sites for hydroxylation is 2. The molecule has 0 unspecified atom stereocenters. The molecule has 0 N–H and O–H groups in total. The molecule has 0 aliphatic rings. The molecule has 5 nitrogen and oxygen atoms in total. The van der Waals surface area contributed by atoms with Crippen molar-refractivity contribution < 1.29 is 17.9 Å². The number of rotatable bonds is 9. The van der Waals surface area contributed by atoms with Crippen molar-refractivity contribution in [3.8, 4) is 5.75 Å². The van der Waals surface area contributed by atoms with E-state index in [0.29, 0.717) is 24.5 Å². The first-order chi connectivity index (χ1) is 15.3. The quantitative estimate of drug-likeness (QED) is 0.332. The van der Waals surface area contributed by atoms with E-state index < -0.39 is 15.9 Å². The van der Waals surface area contributed by atoms with Crippen molar-refractivity contribution in [3.63, 3.8) is 0 Å². The summed E-state index contributed by atoms with van der Waals surface area (Å²) in [5.74, 6) is 0.198. The molecule has 1 amide bonds. The third-order valence-electron chi connectivity index (χ3n) is 4.97. The van der Waals surface area contributed by atoms with Crippen LogP contribution in [0.15, 0.2) is 82.2 Å². The summed E-state index contributed by atoms with van der Waals surface area (Å²) in [6.45, 7) is 4.28. The minimum atomic E-state index is -4.03. The van der Waals surface area contributed by atoms with E-state index in [2.05, 4.69) is 22.9 Å². The van der Waals surface area contributed by atoms with Crippen LogP contribution in [0.25, 0.3) is 0 Å². The van der Waals surface area contributed by atoms with Gasteiger partial charge in [-0.15, -0.1) is 0 Å². The van der Waals surface area contributed by atoms with E-state index in [-0.39, 0.29) is 11.3 Å². The fourth-order valence-corrected chi connectivity index (χ4v) is 5.19. The molecule has 0 saturated heterocycles. The van der Waals surface area contributed by atoms with Crippen molar-refractivity contribution in [1.82, 2.24) is 0 Å². The van der Waals surface area contributed by atoms with Crippen LogP contribution in [0.2, 0.25) is 0 Å². The van der Waals surface area contributed by atoms with Crippen molar-refractivity contribution >= 4 is 37.5 Å². The average Bonchev–Trinajstić information content (AvgIpc) is 2.79. The molecule has 0 spiro atoms. The molecule has 7 heteroatoms. The predicted octanol–water partition coefficient (Wildman–Crippen LogP) is 5.90. The lowest BCUT2D eigenvalue weighted by Gasteiger charge is -2.23. The number of benzene rings is 3. The highest BCUT2D eigenvalue weighted by atomic mass is 79.9. The molecule has 32 heavy (non-hydrogen) atoms. The van der Waals surface area contributed by atoms with Gasteiger partial charge in [-0.05, 0) is 77.7 Å². The van der Waals surface area contributed by atoms with Gasteiger partial charge in [-0.3, -0.25) is 4.79 Å². The van der Waals surface area contributed by atoms with Gasteiger partial charge in [-0.1, -0.05) is 48.9 Å². The van der Waals surface area contributed by atoms with Crippen molar-refractivity contribution in [3.05, 3.63) is 88.4 Å². The number of nitrogens with zero attached hydrogens (tertiary/aromatic N) is 1. The highest BCUT2D eigenvalue weighted by Gasteiger charge is 2.30. The molecule has 0 aliphatic heterocycles. The van der Waals surface area contributed by atoms with Crippen LogP contribution in [0, 0.1) is 6.92 Å². The number of amides is 1. The van der Waals surface area contributed by atoms with Crippen LogP contribution < -0.4 is 9.04 Å². The molecule has 0 radical (unpaired) electrons. The largest absolute Gasteiger partial charge is 0.492 e. The lowest BCUT2D eigenvalue weighted by atomic mass is 10.2. The normalized spacial score (nSPS) is 11.2. The molecule has 3 rings (SSSR count). The fourth-order valence-electron chi connectivity index (χ4n) is 3.18. The van der Waals surface area contributed by atoms with Crippen LogP contribution in [0.4, 0.5) is 5.69 Å². The average molecular weight is 516 g/mol. The Kier molecular flexibility index (Phi) is 8.10. The Bertz CT molecular complexity index is 1160. The maximum absolute atomic E-state index is 13.3. The van der Waals surface area contributed by atoms with Gasteiger partial charge in [0.05, 0.1) is 21.7 Å². The van der Waals surface area contributed by atoms with Crippen molar-refractivity contribution in [2.45, 2.75) is 38.0 Å². The Hall–Kier alpha value is -2.64. The van der Waals surface area contributed by atoms with Crippen LogP contribution in [0.5, 0.6) is 5.75 Å². The third-order valence-corrected chi connectivity index (χ3v) is 7.36. The summed E-state index contributed by atoms with van der Waals surface area (Å²) in [4.78, 5) is 13.2. The van der Waals surface area contributed by atoms with E-state index in [9.17, 15) is 13.2 Å². The Morgan fingerprint density at radius 1 is 1.00 bits per heavy atom. The number of hydrogen-bond acceptors (Lipinski definition) is 4. The monoisotopic (exact) mass is 515 g/mol. The number of carbonyl (C=O) groups is 1. The van der Waals surface area contributed by atoms with Gasteiger partial charge in [0.15, 0.2) is 0 Å². The highest BCUT2D eigenvalue weighted by molar-refractivity contribution is 9.10. The van der Waals surface area contributed by atoms with Gasteiger partial charge in [0.2, 0.25) is 5.91 Å². The Labute approximate surface area is 198 Å². The van der Waals surface area contributed by atoms with E-state index in [1.165, 1.54) is 17.7 Å². The number of halogens is 1. The Morgan fingerprint density at radius 3 is 2.31 bits per heavy atom. The second kappa shape index (κ2) is 10.8. The van der Waals surface area contributed by atoms with E-state index in [1.807, 2.05) is 25.1 Å². The third kappa shape index (κ3) is 5.78. The lowest BCUT2D eigenvalue weighted by molar-refractivity contribution is -0.117. The van der Waals surface area contributed by atoms with Crippen LogP contribution in [0.3, 0.4) is 0 Å². The van der Waals surface area contributed by atoms with Crippen LogP contribution >= 0.6 is 15.9 Å². The molecule has 0 heterocycles. The minimum Gasteiger partial charge on any atom is -0.492 e. The molecule has 0 aliphatic carbocycles. The lowest BCUT2D eigenvalue weighted by Crippen LogP contribution is -2.37. The van der Waals surface area contributed by atoms with Crippen molar-refractivity contribution in [1.29, 1.82) is 0 Å². The van der Waals surface area contributed by atoms with Gasteiger partial charge >= 0.3 is 0 Å². The molecule has 3 aromatic rings. The summed E-state index contributed by atoms with van der Waals surface area (Å²) < 4.78 is 34.1. The maximum atomic E-state index is 13.3. The second-order valence-electron chi connectivity index (χ2n) is 7.38. The predicted molar refractivity (Wildman–Crippen MR) is 131 cm³/mol. The SMILES string of the molecule is CCc1ccc(OCCCC(=O)N(c2ccc(C)cc2)S(=O)(=O)c2ccccc2)c(Br)c1. The molecule has 3 aromatic carbocycles. The summed E-state index contributed by atoms with van der Waals surface area (Å²) in [7, 11) is -4.03. The smallest absolute Gasteiger partial charge is 0.270 e. The standard InChI is InChI=1S/C25H26BrNO4S/c1-3-20-13-16-24(23(26)18-20)31-17-7-10-25(28)27(21-14-11-19(2)12-15-21)32(29,30)22-8-5-4-6-9-22/h4-6,8-9,11-16,18H,3,7,10,17H2,1-2H3. The first kappa shape index (κ1) is 24.0. The van der Waals surface area contributed by atoms with Crippen molar-refractivity contribution in [2.75, 3.05) is 10.9 Å². The number of carbonyl (C=O) groups excluding carboxylic acids is 1. The zero-order chi connectivity index (χ0) is 23.1. The van der Waals surface area contributed by atoms with Gasteiger partial charge in [-0.25, -0.2) is 12.7 Å². The van der Waals surface area contributed by atoms with Gasteiger partial charge < -0.3 is 4.74 Å². The van der Waals surface area contributed by atoms with Gasteiger partial charge in [-0.2, -0.15) is 0 Å². The second-order valence-corrected chi connectivity index (χ2v) is 10.0. The highest BCUT2D eigenvalue weighted by Crippen LogP contribution is 2.27. The molecule has 168 valence electrons. The summed E-state index contributed by atoms with van der Waals surface area (Å²) >= 11 is 3.50. The Morgan fingerprint density at radius 2 is 1.69 bits per heavy atom. The number of anilines is 1. The molecule has 0 fully saturated rings. The molecule has 0 aromatic heterocycles. The summed E-state index contributed by atoms with van der Waals surface area (Å²) in [6, 6.07) is 20.8. The van der Waals surface area contributed by atoms with E-state index in [1.54, 1.807) is 42.5 Å². The molecule has 0 saturated carbocycles. The van der Waals surface area contributed by atoms with Crippen molar-refractivity contribution in [2.24, 2.45) is 0 Å². The zero-order valence-electron chi connectivity index (χ0n) is 18.1. The van der Waals surface area contributed by atoms with Crippen LogP contribution in [0.1, 0.15) is 30.9 Å². The first-order valence-corrected chi connectivity index (χ1v) is 12.7. The topological polar surface area (TPSA) is 63.7 Å². The zero-order valence-corrected chi connectivity index (χ0v) is 20.5. The van der Waals surface area contributed by atoms with Crippen LogP contribution in [-0.4, -0.2) is 20.9 Å². The summed E-state index contributed by atoms with van der Waals surface area (Å²) in [5, 5.41) is 0. The maximum Gasteiger partial charge on any atom is 0.270 e. The van der Waals surface area contributed by atoms with E-state index >= 15 is 0 Å². The van der Waals surface area contributed by atoms with E-state index in [0.717, 1.165) is 20.8 Å². The van der Waals surface area contributed by atoms with Gasteiger partial charge in [0.1, 0.15) is 5.75 Å². The molecular formula is C25H26BrNO4S. The van der Waals surface area contributed by atoms with Crippen LogP contribution in [-0.2, 0) is 21.2 Å². The number of hydrogen-bond donors (Lipinski definition) is 0. The minimum absolute atomic E-state index is 0.0323. The summed E-state index contributed by atoms with van der Waals surface area (Å²) in [5.41, 5.74) is 2.49. The van der Waals surface area contributed by atoms with E-state index in [4.69, 9.17) is 4.74 Å². The summed E-state index contributed by atoms with van der Waals surface area (Å²) in [6.07, 6.45) is 1.34. The number of ether oxygens (including phenoxy) is 1. The Balaban J connectivity index is 1.74. The fraction of sp³-hybridized carbons (Fsp3) is 0.240. The number of sulfonamides is 1.